The van der Waals surface area contributed by atoms with Gasteiger partial charge in [-0.3, -0.25) is 19.1 Å². The van der Waals surface area contributed by atoms with Crippen LogP contribution in [0, 0.1) is 23.6 Å². The average molecular weight is 470 g/mol. The topological polar surface area (TPSA) is 119 Å². The Bertz CT molecular complexity index is 1080. The first-order valence-corrected chi connectivity index (χ1v) is 11.9. The predicted molar refractivity (Wildman–Crippen MR) is 125 cm³/mol. The van der Waals surface area contributed by atoms with Crippen LogP contribution in [0.4, 0.5) is 10.1 Å². The van der Waals surface area contributed by atoms with Gasteiger partial charge in [-0.2, -0.15) is 5.10 Å². The number of hydrogen-bond donors (Lipinski definition) is 3. The van der Waals surface area contributed by atoms with Crippen LogP contribution in [0.25, 0.3) is 0 Å². The van der Waals surface area contributed by atoms with E-state index in [2.05, 4.69) is 15.7 Å². The van der Waals surface area contributed by atoms with Gasteiger partial charge in [-0.1, -0.05) is 6.07 Å². The molecule has 3 amide bonds. The second-order valence-corrected chi connectivity index (χ2v) is 9.81. The molecule has 9 heteroatoms. The smallest absolute Gasteiger partial charge is 0.270 e. The van der Waals surface area contributed by atoms with Gasteiger partial charge in [0.15, 0.2) is 0 Å². The molecule has 1 aromatic carbocycles. The predicted octanol–water partition coefficient (Wildman–Crippen LogP) is 3.37. The lowest BCUT2D eigenvalue weighted by atomic mass is 9.88. The highest BCUT2D eigenvalue weighted by Gasteiger charge is 2.48. The zero-order valence-electron chi connectivity index (χ0n) is 19.8. The van der Waals surface area contributed by atoms with Gasteiger partial charge in [0, 0.05) is 12.2 Å². The summed E-state index contributed by atoms with van der Waals surface area (Å²) in [5, 5.41) is 9.83. The summed E-state index contributed by atoms with van der Waals surface area (Å²) in [6, 6.07) is 5.04. The number of primary amides is 1. The van der Waals surface area contributed by atoms with Gasteiger partial charge in [0.1, 0.15) is 17.6 Å². The first kappa shape index (κ1) is 23.9. The van der Waals surface area contributed by atoms with Crippen LogP contribution >= 0.6 is 0 Å². The summed E-state index contributed by atoms with van der Waals surface area (Å²) in [6.07, 6.45) is 5.67. The Hall–Kier alpha value is -3.23. The van der Waals surface area contributed by atoms with Gasteiger partial charge < -0.3 is 16.4 Å². The lowest BCUT2D eigenvalue weighted by Crippen LogP contribution is -2.50. The molecule has 2 saturated carbocycles. The van der Waals surface area contributed by atoms with Gasteiger partial charge in [-0.15, -0.1) is 0 Å². The van der Waals surface area contributed by atoms with E-state index < -0.39 is 29.6 Å². The van der Waals surface area contributed by atoms with E-state index in [0.29, 0.717) is 23.1 Å². The molecular weight excluding hydrogens is 437 g/mol. The van der Waals surface area contributed by atoms with E-state index in [4.69, 9.17) is 5.73 Å². The monoisotopic (exact) mass is 469 g/mol. The zero-order chi connectivity index (χ0) is 24.6. The van der Waals surface area contributed by atoms with E-state index in [1.807, 2.05) is 13.8 Å². The molecule has 2 unspecified atom stereocenters. The Balaban J connectivity index is 1.57. The fourth-order valence-corrected chi connectivity index (χ4v) is 4.63. The number of carbonyl (C=O) groups excluding carboxylic acids is 3. The van der Waals surface area contributed by atoms with Crippen molar-refractivity contribution in [2.45, 2.75) is 64.5 Å². The third-order valence-electron chi connectivity index (χ3n) is 6.86. The SMILES string of the molecule is CC(C(N)=O)c1ccc(NC(=O)C(NC(=O)c2ccnn2C(C)C)C(C2CC2)C2CC2)c(F)c1. The molecule has 2 aliphatic rings. The first-order chi connectivity index (χ1) is 16.2. The largest absolute Gasteiger partial charge is 0.369 e. The van der Waals surface area contributed by atoms with Crippen LogP contribution < -0.4 is 16.4 Å². The normalized spacial score (nSPS) is 17.5. The number of hydrogen-bond acceptors (Lipinski definition) is 4. The van der Waals surface area contributed by atoms with E-state index in [1.54, 1.807) is 29.9 Å². The van der Waals surface area contributed by atoms with Gasteiger partial charge in [-0.05, 0) is 88.0 Å². The molecule has 8 nitrogen and oxygen atoms in total. The summed E-state index contributed by atoms with van der Waals surface area (Å²) in [7, 11) is 0. The maximum absolute atomic E-state index is 14.8. The second kappa shape index (κ2) is 9.56. The van der Waals surface area contributed by atoms with Crippen molar-refractivity contribution in [2.75, 3.05) is 5.32 Å². The molecule has 2 fully saturated rings. The number of anilines is 1. The molecule has 0 saturated heterocycles. The lowest BCUT2D eigenvalue weighted by Gasteiger charge is -2.28. The van der Waals surface area contributed by atoms with Gasteiger partial charge in [0.25, 0.3) is 5.91 Å². The van der Waals surface area contributed by atoms with Crippen molar-refractivity contribution < 1.29 is 18.8 Å². The Morgan fingerprint density at radius 3 is 2.26 bits per heavy atom. The molecule has 2 atom stereocenters. The maximum atomic E-state index is 14.8. The number of carbonyl (C=O) groups is 3. The van der Waals surface area contributed by atoms with E-state index in [0.717, 1.165) is 25.7 Å². The zero-order valence-corrected chi connectivity index (χ0v) is 19.8. The van der Waals surface area contributed by atoms with Crippen LogP contribution in [0.1, 0.15) is 74.5 Å². The van der Waals surface area contributed by atoms with Crippen molar-refractivity contribution in [3.8, 4) is 0 Å². The van der Waals surface area contributed by atoms with Gasteiger partial charge in [-0.25, -0.2) is 4.39 Å². The van der Waals surface area contributed by atoms with Crippen molar-refractivity contribution >= 4 is 23.4 Å². The van der Waals surface area contributed by atoms with Crippen LogP contribution in [0.5, 0.6) is 0 Å². The van der Waals surface area contributed by atoms with E-state index in [-0.39, 0.29) is 23.6 Å². The third kappa shape index (κ3) is 5.13. The number of benzene rings is 1. The standard InChI is InChI=1S/C25H32FN5O3/c1-13(2)31-20(10-11-28-31)24(33)30-22(21(15-4-5-15)16-6-7-16)25(34)29-19-9-8-17(12-18(19)26)14(3)23(27)32/h8-16,21-22H,4-7H2,1-3H3,(H2,27,32)(H,29,34)(H,30,33). The Kier molecular flexibility index (Phi) is 6.72. The Morgan fingerprint density at radius 2 is 1.74 bits per heavy atom. The summed E-state index contributed by atoms with van der Waals surface area (Å²) in [5.41, 5.74) is 6.14. The highest BCUT2D eigenvalue weighted by molar-refractivity contribution is 6.01. The summed E-state index contributed by atoms with van der Waals surface area (Å²) in [6.45, 7) is 5.45. The number of nitrogens with two attached hydrogens (primary N) is 1. The van der Waals surface area contributed by atoms with E-state index in [1.165, 1.54) is 12.1 Å². The second-order valence-electron chi connectivity index (χ2n) is 9.81. The van der Waals surface area contributed by atoms with Crippen LogP contribution in [-0.4, -0.2) is 33.5 Å². The van der Waals surface area contributed by atoms with Gasteiger partial charge >= 0.3 is 0 Å². The first-order valence-electron chi connectivity index (χ1n) is 11.9. The van der Waals surface area contributed by atoms with Crippen molar-refractivity contribution in [3.63, 3.8) is 0 Å². The highest BCUT2D eigenvalue weighted by atomic mass is 19.1. The molecule has 4 rings (SSSR count). The molecule has 0 radical (unpaired) electrons. The summed E-state index contributed by atoms with van der Waals surface area (Å²) in [4.78, 5) is 38.0. The number of rotatable bonds is 10. The quantitative estimate of drug-likeness (QED) is 0.494. The average Bonchev–Trinajstić information content (AvgIpc) is 3.73. The minimum absolute atomic E-state index is 0.00207. The number of aromatic nitrogens is 2. The van der Waals surface area contributed by atoms with Crippen molar-refractivity contribution in [1.82, 2.24) is 15.1 Å². The van der Waals surface area contributed by atoms with Gasteiger partial charge in [0.2, 0.25) is 11.8 Å². The molecule has 0 bridgehead atoms. The molecule has 1 aromatic heterocycles. The summed E-state index contributed by atoms with van der Waals surface area (Å²) < 4.78 is 16.4. The Labute approximate surface area is 198 Å². The van der Waals surface area contributed by atoms with Crippen LogP contribution in [-0.2, 0) is 9.59 Å². The van der Waals surface area contributed by atoms with Crippen LogP contribution in [0.3, 0.4) is 0 Å². The van der Waals surface area contributed by atoms with Crippen molar-refractivity contribution in [3.05, 3.63) is 47.5 Å². The van der Waals surface area contributed by atoms with Gasteiger partial charge in [0.05, 0.1) is 11.6 Å². The number of nitrogens with one attached hydrogen (secondary N) is 2. The minimum atomic E-state index is -0.786. The van der Waals surface area contributed by atoms with Crippen molar-refractivity contribution in [2.24, 2.45) is 23.5 Å². The maximum Gasteiger partial charge on any atom is 0.270 e. The van der Waals surface area contributed by atoms with Crippen LogP contribution in [0.2, 0.25) is 0 Å². The van der Waals surface area contributed by atoms with E-state index >= 15 is 0 Å². The lowest BCUT2D eigenvalue weighted by molar-refractivity contribution is -0.120. The minimum Gasteiger partial charge on any atom is -0.369 e. The number of amides is 3. The molecular formula is C25H32FN5O3. The molecule has 2 aromatic rings. The molecule has 34 heavy (non-hydrogen) atoms. The summed E-state index contributed by atoms with van der Waals surface area (Å²) >= 11 is 0. The van der Waals surface area contributed by atoms with Crippen LogP contribution in [0.15, 0.2) is 30.5 Å². The van der Waals surface area contributed by atoms with Crippen molar-refractivity contribution in [1.29, 1.82) is 0 Å². The summed E-state index contributed by atoms with van der Waals surface area (Å²) in [5.74, 6) is -1.91. The molecule has 4 N–H and O–H groups in total. The molecule has 2 aliphatic carbocycles. The van der Waals surface area contributed by atoms with E-state index in [9.17, 15) is 18.8 Å². The fraction of sp³-hybridized carbons (Fsp3) is 0.520. The molecule has 0 aliphatic heterocycles. The molecule has 182 valence electrons. The number of nitrogens with zero attached hydrogens (tertiary/aromatic N) is 2. The molecule has 1 heterocycles. The fourth-order valence-electron chi connectivity index (χ4n) is 4.63. The Morgan fingerprint density at radius 1 is 1.09 bits per heavy atom. The molecule has 0 spiro atoms. The highest BCUT2D eigenvalue weighted by Crippen LogP contribution is 2.51. The third-order valence-corrected chi connectivity index (χ3v) is 6.86. The number of halogens is 1.